The monoisotopic (exact) mass is 374 g/mol. The molecule has 144 valence electrons. The molecule has 1 aliphatic rings. The minimum absolute atomic E-state index is 0.236. The number of benzene rings is 2. The van der Waals surface area contributed by atoms with Crippen molar-refractivity contribution in [2.75, 3.05) is 6.54 Å². The Morgan fingerprint density at radius 3 is 2.54 bits per heavy atom. The number of rotatable bonds is 6. The van der Waals surface area contributed by atoms with Gasteiger partial charge >= 0.3 is 0 Å². The fourth-order valence-corrected chi connectivity index (χ4v) is 3.93. The second kappa shape index (κ2) is 8.83. The number of amides is 1. The van der Waals surface area contributed by atoms with Crippen LogP contribution in [-0.2, 0) is 17.8 Å². The van der Waals surface area contributed by atoms with Gasteiger partial charge in [-0.3, -0.25) is 9.48 Å². The maximum atomic E-state index is 12.9. The highest BCUT2D eigenvalue weighted by molar-refractivity contribution is 5.79. The van der Waals surface area contributed by atoms with Gasteiger partial charge in [-0.05, 0) is 31.2 Å². The maximum absolute atomic E-state index is 12.9. The third-order valence-corrected chi connectivity index (χ3v) is 5.45. The van der Waals surface area contributed by atoms with E-state index < -0.39 is 0 Å². The molecule has 1 unspecified atom stereocenters. The molecule has 2 heterocycles. The van der Waals surface area contributed by atoms with Crippen LogP contribution < -0.4 is 0 Å². The number of aromatic nitrogens is 3. The number of likely N-dealkylation sites (tertiary alicyclic amines) is 1. The first-order chi connectivity index (χ1) is 13.8. The van der Waals surface area contributed by atoms with Crippen LogP contribution in [0.3, 0.4) is 0 Å². The fourth-order valence-electron chi connectivity index (χ4n) is 3.93. The number of carbonyl (C=O) groups is 1. The van der Waals surface area contributed by atoms with Crippen LogP contribution in [0.2, 0.25) is 0 Å². The van der Waals surface area contributed by atoms with Crippen molar-refractivity contribution in [1.29, 1.82) is 0 Å². The Morgan fingerprint density at radius 1 is 1.00 bits per heavy atom. The molecule has 5 heteroatoms. The molecule has 0 saturated carbocycles. The quantitative estimate of drug-likeness (QED) is 0.656. The van der Waals surface area contributed by atoms with Crippen molar-refractivity contribution in [2.24, 2.45) is 0 Å². The van der Waals surface area contributed by atoms with E-state index in [1.807, 2.05) is 71.5 Å². The van der Waals surface area contributed by atoms with Gasteiger partial charge < -0.3 is 4.90 Å². The van der Waals surface area contributed by atoms with E-state index in [2.05, 4.69) is 15.2 Å². The average Bonchev–Trinajstić information content (AvgIpc) is 3.23. The smallest absolute Gasteiger partial charge is 0.227 e. The Kier molecular flexibility index (Phi) is 5.80. The predicted octanol–water partition coefficient (Wildman–Crippen LogP) is 3.96. The first kappa shape index (κ1) is 18.4. The molecule has 28 heavy (non-hydrogen) atoms. The lowest BCUT2D eigenvalue weighted by Crippen LogP contribution is -2.44. The zero-order valence-corrected chi connectivity index (χ0v) is 16.1. The Labute approximate surface area is 166 Å². The molecule has 1 amide bonds. The van der Waals surface area contributed by atoms with E-state index in [-0.39, 0.29) is 11.9 Å². The van der Waals surface area contributed by atoms with E-state index >= 15 is 0 Å². The van der Waals surface area contributed by atoms with E-state index in [0.717, 1.165) is 49.2 Å². The molecule has 2 aromatic carbocycles. The Balaban J connectivity index is 1.37. The van der Waals surface area contributed by atoms with Gasteiger partial charge in [0.15, 0.2) is 0 Å². The number of carbonyl (C=O) groups excluding carboxylic acids is 1. The molecule has 1 aromatic heterocycles. The lowest BCUT2D eigenvalue weighted by molar-refractivity contribution is -0.134. The van der Waals surface area contributed by atoms with Gasteiger partial charge in [-0.15, -0.1) is 5.10 Å². The third-order valence-electron chi connectivity index (χ3n) is 5.45. The van der Waals surface area contributed by atoms with E-state index in [0.29, 0.717) is 6.42 Å². The van der Waals surface area contributed by atoms with Crippen molar-refractivity contribution in [2.45, 2.75) is 44.7 Å². The predicted molar refractivity (Wildman–Crippen MR) is 110 cm³/mol. The van der Waals surface area contributed by atoms with E-state index in [4.69, 9.17) is 0 Å². The van der Waals surface area contributed by atoms with Crippen molar-refractivity contribution >= 4 is 5.91 Å². The summed E-state index contributed by atoms with van der Waals surface area (Å²) in [5, 5.41) is 8.57. The van der Waals surface area contributed by atoms with Gasteiger partial charge in [0.05, 0.1) is 12.6 Å². The minimum atomic E-state index is 0.236. The Morgan fingerprint density at radius 2 is 1.75 bits per heavy atom. The second-order valence-electron chi connectivity index (χ2n) is 7.42. The van der Waals surface area contributed by atoms with Crippen LogP contribution in [0, 0.1) is 0 Å². The first-order valence-corrected chi connectivity index (χ1v) is 10.1. The Hall–Kier alpha value is -2.95. The highest BCUT2D eigenvalue weighted by atomic mass is 16.2. The van der Waals surface area contributed by atoms with Crippen LogP contribution in [0.25, 0.3) is 11.3 Å². The van der Waals surface area contributed by atoms with Gasteiger partial charge in [-0.2, -0.15) is 0 Å². The van der Waals surface area contributed by atoms with Crippen LogP contribution in [0.4, 0.5) is 0 Å². The standard InChI is InChI=1S/C23H26N4O/c28-23(17-19-9-3-1-4-10-19)27-15-8-7-13-21(27)14-16-26-18-22(24-25-26)20-11-5-2-6-12-20/h1-6,9-12,18,21H,7-8,13-17H2. The highest BCUT2D eigenvalue weighted by Crippen LogP contribution is 2.22. The summed E-state index contributed by atoms with van der Waals surface area (Å²) < 4.78 is 1.90. The van der Waals surface area contributed by atoms with E-state index in [1.54, 1.807) is 0 Å². The molecule has 3 aromatic rings. The number of piperidine rings is 1. The highest BCUT2D eigenvalue weighted by Gasteiger charge is 2.26. The van der Waals surface area contributed by atoms with Crippen LogP contribution >= 0.6 is 0 Å². The molecule has 1 atom stereocenters. The number of hydrogen-bond donors (Lipinski definition) is 0. The lowest BCUT2D eigenvalue weighted by Gasteiger charge is -2.36. The van der Waals surface area contributed by atoms with Gasteiger partial charge in [0.1, 0.15) is 5.69 Å². The SMILES string of the molecule is O=C(Cc1ccccc1)N1CCCCC1CCn1cc(-c2ccccc2)nn1. The number of aryl methyl sites for hydroxylation is 1. The Bertz CT molecular complexity index is 891. The van der Waals surface area contributed by atoms with Gasteiger partial charge in [0.2, 0.25) is 5.91 Å². The number of nitrogens with zero attached hydrogens (tertiary/aromatic N) is 4. The molecule has 0 bridgehead atoms. The topological polar surface area (TPSA) is 51.0 Å². The zero-order chi connectivity index (χ0) is 19.2. The van der Waals surface area contributed by atoms with Gasteiger partial charge in [-0.25, -0.2) is 0 Å². The summed E-state index contributed by atoms with van der Waals surface area (Å²) in [5.41, 5.74) is 3.05. The fraction of sp³-hybridized carbons (Fsp3) is 0.348. The average molecular weight is 374 g/mol. The normalized spacial score (nSPS) is 16.9. The number of hydrogen-bond acceptors (Lipinski definition) is 3. The summed E-state index contributed by atoms with van der Waals surface area (Å²) in [6.07, 6.45) is 6.75. The van der Waals surface area contributed by atoms with E-state index in [1.165, 1.54) is 6.42 Å². The van der Waals surface area contributed by atoms with Crippen LogP contribution in [0.1, 0.15) is 31.2 Å². The second-order valence-corrected chi connectivity index (χ2v) is 7.42. The molecule has 1 saturated heterocycles. The van der Waals surface area contributed by atoms with Crippen LogP contribution in [0.5, 0.6) is 0 Å². The molecular formula is C23H26N4O. The summed E-state index contributed by atoms with van der Waals surface area (Å²) in [6.45, 7) is 1.64. The summed E-state index contributed by atoms with van der Waals surface area (Å²) in [7, 11) is 0. The molecule has 4 rings (SSSR count). The molecule has 0 spiro atoms. The van der Waals surface area contributed by atoms with Gasteiger partial charge in [0, 0.05) is 24.7 Å². The zero-order valence-electron chi connectivity index (χ0n) is 16.1. The van der Waals surface area contributed by atoms with Crippen molar-refractivity contribution in [3.63, 3.8) is 0 Å². The summed E-state index contributed by atoms with van der Waals surface area (Å²) in [5.74, 6) is 0.236. The molecule has 5 nitrogen and oxygen atoms in total. The summed E-state index contributed by atoms with van der Waals surface area (Å²) >= 11 is 0. The van der Waals surface area contributed by atoms with Crippen LogP contribution in [-0.4, -0.2) is 38.4 Å². The van der Waals surface area contributed by atoms with Crippen molar-refractivity contribution in [3.05, 3.63) is 72.4 Å². The van der Waals surface area contributed by atoms with Crippen molar-refractivity contribution in [1.82, 2.24) is 19.9 Å². The lowest BCUT2D eigenvalue weighted by atomic mass is 9.98. The molecule has 0 N–H and O–H groups in total. The van der Waals surface area contributed by atoms with E-state index in [9.17, 15) is 4.79 Å². The third kappa shape index (κ3) is 4.47. The van der Waals surface area contributed by atoms with Crippen molar-refractivity contribution < 1.29 is 4.79 Å². The van der Waals surface area contributed by atoms with Gasteiger partial charge in [0.25, 0.3) is 0 Å². The summed E-state index contributed by atoms with van der Waals surface area (Å²) in [6, 6.07) is 20.4. The molecule has 0 aliphatic carbocycles. The van der Waals surface area contributed by atoms with Crippen molar-refractivity contribution in [3.8, 4) is 11.3 Å². The minimum Gasteiger partial charge on any atom is -0.339 e. The summed E-state index contributed by atoms with van der Waals surface area (Å²) in [4.78, 5) is 15.0. The molecule has 1 aliphatic heterocycles. The first-order valence-electron chi connectivity index (χ1n) is 10.1. The van der Waals surface area contributed by atoms with Crippen LogP contribution in [0.15, 0.2) is 66.9 Å². The molecular weight excluding hydrogens is 348 g/mol. The maximum Gasteiger partial charge on any atom is 0.227 e. The largest absolute Gasteiger partial charge is 0.339 e. The molecule has 0 radical (unpaired) electrons. The van der Waals surface area contributed by atoms with Gasteiger partial charge in [-0.1, -0.05) is 65.9 Å². The molecule has 1 fully saturated rings.